The van der Waals surface area contributed by atoms with E-state index in [1.54, 1.807) is 20.8 Å². The molecular formula is C19H28N2O3. The number of carbonyl (C=O) groups is 2. The van der Waals surface area contributed by atoms with Crippen LogP contribution >= 0.6 is 0 Å². The van der Waals surface area contributed by atoms with Gasteiger partial charge in [0.15, 0.2) is 0 Å². The molecule has 1 saturated heterocycles. The van der Waals surface area contributed by atoms with Crippen LogP contribution in [0.5, 0.6) is 0 Å². The van der Waals surface area contributed by atoms with Crippen LogP contribution in [-0.2, 0) is 9.53 Å². The van der Waals surface area contributed by atoms with Crippen LogP contribution in [0.15, 0.2) is 30.3 Å². The Morgan fingerprint density at radius 3 is 2.50 bits per heavy atom. The smallest absolute Gasteiger partial charge is 0.408 e. The second-order valence-corrected chi connectivity index (χ2v) is 7.52. The van der Waals surface area contributed by atoms with Gasteiger partial charge >= 0.3 is 6.09 Å². The summed E-state index contributed by atoms with van der Waals surface area (Å²) in [5.41, 5.74) is 0.167. The van der Waals surface area contributed by atoms with Crippen molar-refractivity contribution in [2.45, 2.75) is 52.2 Å². The fraction of sp³-hybridized carbons (Fsp3) is 0.579. The minimum atomic E-state index is -0.716. The normalized spacial score (nSPS) is 19.5. The second kappa shape index (κ2) is 7.69. The monoisotopic (exact) mass is 332 g/mol. The van der Waals surface area contributed by atoms with Crippen LogP contribution in [0, 0.1) is 5.92 Å². The molecule has 0 aliphatic carbocycles. The SMILES string of the molecule is CC1CCCN(C(=O)[C@@H](NC(=O)OC(C)(C)C)c2ccccc2)C1. The number of nitrogens with one attached hydrogen (secondary N) is 1. The summed E-state index contributed by atoms with van der Waals surface area (Å²) < 4.78 is 5.33. The Morgan fingerprint density at radius 1 is 1.25 bits per heavy atom. The van der Waals surface area contributed by atoms with E-state index >= 15 is 0 Å². The van der Waals surface area contributed by atoms with Crippen molar-refractivity contribution in [1.29, 1.82) is 0 Å². The Morgan fingerprint density at radius 2 is 1.92 bits per heavy atom. The van der Waals surface area contributed by atoms with Crippen molar-refractivity contribution in [3.05, 3.63) is 35.9 Å². The van der Waals surface area contributed by atoms with Gasteiger partial charge in [0.2, 0.25) is 5.91 Å². The molecule has 2 atom stereocenters. The van der Waals surface area contributed by atoms with E-state index in [-0.39, 0.29) is 5.91 Å². The number of alkyl carbamates (subject to hydrolysis) is 1. The van der Waals surface area contributed by atoms with E-state index in [2.05, 4.69) is 12.2 Å². The van der Waals surface area contributed by atoms with Crippen molar-refractivity contribution in [2.75, 3.05) is 13.1 Å². The lowest BCUT2D eigenvalue weighted by Gasteiger charge is -2.34. The third-order valence-electron chi connectivity index (χ3n) is 4.01. The van der Waals surface area contributed by atoms with Gasteiger partial charge in [0.05, 0.1) is 0 Å². The molecule has 1 aliphatic rings. The molecule has 5 heteroatoms. The van der Waals surface area contributed by atoms with Gasteiger partial charge in [-0.2, -0.15) is 0 Å². The maximum absolute atomic E-state index is 13.0. The van der Waals surface area contributed by atoms with Gasteiger partial charge in [-0.1, -0.05) is 37.3 Å². The van der Waals surface area contributed by atoms with E-state index in [4.69, 9.17) is 4.74 Å². The fourth-order valence-corrected chi connectivity index (χ4v) is 2.93. The number of nitrogens with zero attached hydrogens (tertiary/aromatic N) is 1. The number of hydrogen-bond acceptors (Lipinski definition) is 3. The maximum atomic E-state index is 13.0. The highest BCUT2D eigenvalue weighted by Gasteiger charge is 2.31. The Bertz CT molecular complexity index is 566. The molecule has 24 heavy (non-hydrogen) atoms. The van der Waals surface area contributed by atoms with E-state index in [9.17, 15) is 9.59 Å². The molecule has 132 valence electrons. The number of hydrogen-bond donors (Lipinski definition) is 1. The summed E-state index contributed by atoms with van der Waals surface area (Å²) in [6.07, 6.45) is 1.56. The quantitative estimate of drug-likeness (QED) is 0.921. The average molecular weight is 332 g/mol. The van der Waals surface area contributed by atoms with Gasteiger partial charge in [0.25, 0.3) is 0 Å². The number of piperidine rings is 1. The number of likely N-dealkylation sites (tertiary alicyclic amines) is 1. The molecule has 1 aromatic carbocycles. The van der Waals surface area contributed by atoms with Gasteiger partial charge in [-0.05, 0) is 45.1 Å². The van der Waals surface area contributed by atoms with Crippen LogP contribution in [-0.4, -0.2) is 35.6 Å². The number of amides is 2. The lowest BCUT2D eigenvalue weighted by molar-refractivity contribution is -0.135. The zero-order chi connectivity index (χ0) is 17.7. The fourth-order valence-electron chi connectivity index (χ4n) is 2.93. The molecule has 0 saturated carbocycles. The molecule has 1 N–H and O–H groups in total. The van der Waals surface area contributed by atoms with Gasteiger partial charge in [0.1, 0.15) is 11.6 Å². The Balaban J connectivity index is 2.17. The molecule has 5 nitrogen and oxygen atoms in total. The first-order valence-electron chi connectivity index (χ1n) is 8.59. The summed E-state index contributed by atoms with van der Waals surface area (Å²) >= 11 is 0. The average Bonchev–Trinajstić information content (AvgIpc) is 2.51. The van der Waals surface area contributed by atoms with E-state index in [0.29, 0.717) is 5.92 Å². The van der Waals surface area contributed by atoms with Crippen molar-refractivity contribution in [2.24, 2.45) is 5.92 Å². The lowest BCUT2D eigenvalue weighted by Crippen LogP contribution is -2.47. The summed E-state index contributed by atoms with van der Waals surface area (Å²) in [6, 6.07) is 8.62. The zero-order valence-electron chi connectivity index (χ0n) is 15.0. The van der Waals surface area contributed by atoms with Crippen LogP contribution in [0.2, 0.25) is 0 Å². The summed E-state index contributed by atoms with van der Waals surface area (Å²) in [5, 5.41) is 2.75. The highest BCUT2D eigenvalue weighted by Crippen LogP contribution is 2.22. The molecule has 0 aromatic heterocycles. The predicted octanol–water partition coefficient (Wildman–Crippen LogP) is 3.51. The minimum Gasteiger partial charge on any atom is -0.444 e. The van der Waals surface area contributed by atoms with E-state index in [0.717, 1.165) is 31.5 Å². The van der Waals surface area contributed by atoms with Crippen molar-refractivity contribution in [3.8, 4) is 0 Å². The summed E-state index contributed by atoms with van der Waals surface area (Å²) in [7, 11) is 0. The van der Waals surface area contributed by atoms with Gasteiger partial charge in [-0.3, -0.25) is 4.79 Å². The Labute approximate surface area is 144 Å². The molecule has 2 rings (SSSR count). The maximum Gasteiger partial charge on any atom is 0.408 e. The van der Waals surface area contributed by atoms with Gasteiger partial charge in [-0.25, -0.2) is 4.79 Å². The van der Waals surface area contributed by atoms with Crippen LogP contribution in [0.3, 0.4) is 0 Å². The number of ether oxygens (including phenoxy) is 1. The standard InChI is InChI=1S/C19H28N2O3/c1-14-9-8-12-21(13-14)17(22)16(15-10-6-5-7-11-15)20-18(23)24-19(2,3)4/h5-7,10-11,14,16H,8-9,12-13H2,1-4H3,(H,20,23)/t14?,16-/m0/s1. The largest absolute Gasteiger partial charge is 0.444 e. The van der Waals surface area contributed by atoms with Crippen molar-refractivity contribution in [3.63, 3.8) is 0 Å². The minimum absolute atomic E-state index is 0.0707. The van der Waals surface area contributed by atoms with E-state index in [1.807, 2.05) is 35.2 Å². The predicted molar refractivity (Wildman–Crippen MR) is 93.5 cm³/mol. The third kappa shape index (κ3) is 5.25. The molecule has 1 fully saturated rings. The first kappa shape index (κ1) is 18.3. The van der Waals surface area contributed by atoms with E-state index in [1.165, 1.54) is 0 Å². The first-order chi connectivity index (χ1) is 11.3. The number of carbonyl (C=O) groups excluding carboxylic acids is 2. The Kier molecular flexibility index (Phi) is 5.86. The molecule has 1 heterocycles. The summed E-state index contributed by atoms with van der Waals surface area (Å²) in [5.74, 6) is 0.416. The number of rotatable bonds is 3. The molecule has 1 unspecified atom stereocenters. The van der Waals surface area contributed by atoms with Crippen molar-refractivity contribution < 1.29 is 14.3 Å². The Hall–Kier alpha value is -2.04. The molecule has 1 aromatic rings. The first-order valence-corrected chi connectivity index (χ1v) is 8.59. The highest BCUT2D eigenvalue weighted by molar-refractivity contribution is 5.87. The summed E-state index contributed by atoms with van der Waals surface area (Å²) in [4.78, 5) is 27.0. The molecule has 2 amide bonds. The highest BCUT2D eigenvalue weighted by atomic mass is 16.6. The third-order valence-corrected chi connectivity index (χ3v) is 4.01. The van der Waals surface area contributed by atoms with Gasteiger partial charge in [0, 0.05) is 13.1 Å². The van der Waals surface area contributed by atoms with Crippen LogP contribution in [0.25, 0.3) is 0 Å². The number of benzene rings is 1. The molecule has 0 spiro atoms. The summed E-state index contributed by atoms with van der Waals surface area (Å²) in [6.45, 7) is 9.04. The van der Waals surface area contributed by atoms with Crippen LogP contribution in [0.1, 0.15) is 52.1 Å². The van der Waals surface area contributed by atoms with Crippen molar-refractivity contribution in [1.82, 2.24) is 10.2 Å². The van der Waals surface area contributed by atoms with Crippen LogP contribution < -0.4 is 5.32 Å². The van der Waals surface area contributed by atoms with E-state index < -0.39 is 17.7 Å². The molecular weight excluding hydrogens is 304 g/mol. The molecule has 0 bridgehead atoms. The van der Waals surface area contributed by atoms with Crippen LogP contribution in [0.4, 0.5) is 4.79 Å². The van der Waals surface area contributed by atoms with Gasteiger partial charge < -0.3 is 15.0 Å². The lowest BCUT2D eigenvalue weighted by atomic mass is 9.98. The topological polar surface area (TPSA) is 58.6 Å². The zero-order valence-corrected chi connectivity index (χ0v) is 15.0. The second-order valence-electron chi connectivity index (χ2n) is 7.52. The van der Waals surface area contributed by atoms with Crippen molar-refractivity contribution >= 4 is 12.0 Å². The molecule has 1 aliphatic heterocycles. The van der Waals surface area contributed by atoms with Gasteiger partial charge in [-0.15, -0.1) is 0 Å². The molecule has 0 radical (unpaired) electrons.